The molecule has 0 atom stereocenters. The Morgan fingerprint density at radius 1 is 1.50 bits per heavy atom. The molecule has 5 heteroatoms. The molecule has 1 aliphatic carbocycles. The zero-order chi connectivity index (χ0) is 14.4. The standard InChI is InChI=1S/C15H18N2O3/c1-2-3-4-9-20-15-8-5-12(10-14(15)17(18)19)11-16-13-6-7-13/h1,5,8,10,13,16H,3-4,6-7,9,11H2. The van der Waals surface area contributed by atoms with E-state index < -0.39 is 4.92 Å². The molecular formula is C15H18N2O3. The molecule has 1 N–H and O–H groups in total. The van der Waals surface area contributed by atoms with Crippen LogP contribution in [0.2, 0.25) is 0 Å². The maximum Gasteiger partial charge on any atom is 0.311 e. The zero-order valence-corrected chi connectivity index (χ0v) is 11.3. The van der Waals surface area contributed by atoms with Gasteiger partial charge in [-0.3, -0.25) is 10.1 Å². The maximum absolute atomic E-state index is 11.1. The van der Waals surface area contributed by atoms with E-state index in [0.717, 1.165) is 5.56 Å². The van der Waals surface area contributed by atoms with Crippen molar-refractivity contribution < 1.29 is 9.66 Å². The van der Waals surface area contributed by atoms with Crippen molar-refractivity contribution >= 4 is 5.69 Å². The van der Waals surface area contributed by atoms with Crippen LogP contribution in [0.5, 0.6) is 5.75 Å². The van der Waals surface area contributed by atoms with Gasteiger partial charge in [0.2, 0.25) is 0 Å². The molecule has 0 unspecified atom stereocenters. The fourth-order valence-electron chi connectivity index (χ4n) is 1.84. The molecule has 0 heterocycles. The summed E-state index contributed by atoms with van der Waals surface area (Å²) < 4.78 is 5.44. The second-order valence-electron chi connectivity index (χ2n) is 4.87. The Balaban J connectivity index is 1.98. The van der Waals surface area contributed by atoms with Gasteiger partial charge in [0, 0.05) is 25.1 Å². The summed E-state index contributed by atoms with van der Waals surface area (Å²) in [4.78, 5) is 10.7. The van der Waals surface area contributed by atoms with Crippen molar-refractivity contribution in [3.8, 4) is 18.1 Å². The highest BCUT2D eigenvalue weighted by atomic mass is 16.6. The van der Waals surface area contributed by atoms with Gasteiger partial charge in [0.1, 0.15) is 0 Å². The lowest BCUT2D eigenvalue weighted by Gasteiger charge is -2.08. The van der Waals surface area contributed by atoms with Crippen LogP contribution in [0.4, 0.5) is 5.69 Å². The Kier molecular flexibility index (Phi) is 4.97. The number of rotatable bonds is 8. The highest BCUT2D eigenvalue weighted by Crippen LogP contribution is 2.28. The topological polar surface area (TPSA) is 64.4 Å². The van der Waals surface area contributed by atoms with E-state index in [2.05, 4.69) is 11.2 Å². The second-order valence-corrected chi connectivity index (χ2v) is 4.87. The number of nitro benzene ring substituents is 1. The summed E-state index contributed by atoms with van der Waals surface area (Å²) in [6.07, 6.45) is 8.84. The summed E-state index contributed by atoms with van der Waals surface area (Å²) >= 11 is 0. The van der Waals surface area contributed by atoms with Gasteiger partial charge in [-0.25, -0.2) is 0 Å². The van der Waals surface area contributed by atoms with E-state index in [4.69, 9.17) is 11.2 Å². The van der Waals surface area contributed by atoms with Crippen LogP contribution in [0.25, 0.3) is 0 Å². The molecule has 1 aliphatic rings. The molecular weight excluding hydrogens is 256 g/mol. The van der Waals surface area contributed by atoms with Crippen molar-refractivity contribution in [2.24, 2.45) is 0 Å². The normalized spacial score (nSPS) is 13.8. The van der Waals surface area contributed by atoms with Gasteiger partial charge in [0.05, 0.1) is 11.5 Å². The Morgan fingerprint density at radius 3 is 2.95 bits per heavy atom. The largest absolute Gasteiger partial charge is 0.487 e. The van der Waals surface area contributed by atoms with Crippen molar-refractivity contribution in [2.45, 2.75) is 38.3 Å². The summed E-state index contributed by atoms with van der Waals surface area (Å²) in [6, 6.07) is 5.68. The predicted molar refractivity (Wildman–Crippen MR) is 76.5 cm³/mol. The number of unbranched alkanes of at least 4 members (excludes halogenated alkanes) is 1. The third-order valence-electron chi connectivity index (χ3n) is 3.12. The first-order chi connectivity index (χ1) is 9.70. The molecule has 0 saturated heterocycles. The fraction of sp³-hybridized carbons (Fsp3) is 0.467. The Labute approximate surface area is 118 Å². The average Bonchev–Trinajstić information content (AvgIpc) is 3.26. The number of ether oxygens (including phenoxy) is 1. The van der Waals surface area contributed by atoms with Gasteiger partial charge in [-0.15, -0.1) is 12.3 Å². The van der Waals surface area contributed by atoms with Crippen LogP contribution in [0, 0.1) is 22.5 Å². The third-order valence-corrected chi connectivity index (χ3v) is 3.12. The Bertz CT molecular complexity index is 518. The van der Waals surface area contributed by atoms with Crippen LogP contribution in [-0.4, -0.2) is 17.6 Å². The van der Waals surface area contributed by atoms with Crippen LogP contribution in [0.1, 0.15) is 31.2 Å². The van der Waals surface area contributed by atoms with Gasteiger partial charge < -0.3 is 10.1 Å². The minimum absolute atomic E-state index is 0.0146. The van der Waals surface area contributed by atoms with Crippen molar-refractivity contribution in [1.82, 2.24) is 5.32 Å². The molecule has 0 spiro atoms. The van der Waals surface area contributed by atoms with E-state index in [0.29, 0.717) is 37.8 Å². The molecule has 0 bridgehead atoms. The first-order valence-electron chi connectivity index (χ1n) is 6.77. The third kappa shape index (κ3) is 4.25. The molecule has 0 amide bonds. The van der Waals surface area contributed by atoms with E-state index in [1.807, 2.05) is 6.07 Å². The number of nitrogens with one attached hydrogen (secondary N) is 1. The molecule has 1 aromatic carbocycles. The summed E-state index contributed by atoms with van der Waals surface area (Å²) in [7, 11) is 0. The lowest BCUT2D eigenvalue weighted by Crippen LogP contribution is -2.15. The minimum atomic E-state index is -0.406. The number of hydrogen-bond donors (Lipinski definition) is 1. The van der Waals surface area contributed by atoms with E-state index in [1.165, 1.54) is 12.8 Å². The predicted octanol–water partition coefficient (Wildman–Crippen LogP) is 2.64. The number of terminal acetylenes is 1. The summed E-state index contributed by atoms with van der Waals surface area (Å²) in [6.45, 7) is 1.05. The number of nitrogens with zero attached hydrogens (tertiary/aromatic N) is 1. The van der Waals surface area contributed by atoms with Crippen molar-refractivity contribution in [3.63, 3.8) is 0 Å². The Morgan fingerprint density at radius 2 is 2.30 bits per heavy atom. The van der Waals surface area contributed by atoms with Gasteiger partial charge in [0.15, 0.2) is 5.75 Å². The van der Waals surface area contributed by atoms with Crippen LogP contribution < -0.4 is 10.1 Å². The first kappa shape index (κ1) is 14.4. The van der Waals surface area contributed by atoms with Crippen molar-refractivity contribution in [1.29, 1.82) is 0 Å². The molecule has 5 nitrogen and oxygen atoms in total. The van der Waals surface area contributed by atoms with Gasteiger partial charge in [-0.1, -0.05) is 6.07 Å². The number of hydrogen-bond acceptors (Lipinski definition) is 4. The summed E-state index contributed by atoms with van der Waals surface area (Å²) in [5.41, 5.74) is 0.917. The van der Waals surface area contributed by atoms with Crippen LogP contribution in [0.15, 0.2) is 18.2 Å². The van der Waals surface area contributed by atoms with Crippen LogP contribution >= 0.6 is 0 Å². The van der Waals surface area contributed by atoms with Crippen LogP contribution in [0.3, 0.4) is 0 Å². The highest BCUT2D eigenvalue weighted by molar-refractivity contribution is 5.48. The molecule has 0 aliphatic heterocycles. The molecule has 1 aromatic rings. The number of nitro groups is 1. The zero-order valence-electron chi connectivity index (χ0n) is 11.3. The smallest absolute Gasteiger partial charge is 0.311 e. The molecule has 1 fully saturated rings. The van der Waals surface area contributed by atoms with Gasteiger partial charge in [-0.05, 0) is 30.9 Å². The first-order valence-corrected chi connectivity index (χ1v) is 6.77. The second kappa shape index (κ2) is 6.92. The van der Waals surface area contributed by atoms with Gasteiger partial charge >= 0.3 is 5.69 Å². The quantitative estimate of drug-likeness (QED) is 0.342. The minimum Gasteiger partial charge on any atom is -0.487 e. The van der Waals surface area contributed by atoms with E-state index in [-0.39, 0.29) is 5.69 Å². The molecule has 0 radical (unpaired) electrons. The van der Waals surface area contributed by atoms with Gasteiger partial charge in [0.25, 0.3) is 0 Å². The molecule has 1 saturated carbocycles. The highest BCUT2D eigenvalue weighted by Gasteiger charge is 2.21. The summed E-state index contributed by atoms with van der Waals surface area (Å²) in [5, 5.41) is 14.4. The molecule has 0 aromatic heterocycles. The molecule has 106 valence electrons. The van der Waals surface area contributed by atoms with E-state index in [9.17, 15) is 10.1 Å². The van der Waals surface area contributed by atoms with E-state index >= 15 is 0 Å². The monoisotopic (exact) mass is 274 g/mol. The van der Waals surface area contributed by atoms with Crippen molar-refractivity contribution in [2.75, 3.05) is 6.61 Å². The van der Waals surface area contributed by atoms with Gasteiger partial charge in [-0.2, -0.15) is 0 Å². The van der Waals surface area contributed by atoms with Crippen molar-refractivity contribution in [3.05, 3.63) is 33.9 Å². The fourth-order valence-corrected chi connectivity index (χ4v) is 1.84. The van der Waals surface area contributed by atoms with Crippen LogP contribution in [-0.2, 0) is 6.54 Å². The maximum atomic E-state index is 11.1. The van der Waals surface area contributed by atoms with E-state index in [1.54, 1.807) is 12.1 Å². The average molecular weight is 274 g/mol. The molecule has 2 rings (SSSR count). The lowest BCUT2D eigenvalue weighted by molar-refractivity contribution is -0.385. The Hall–Kier alpha value is -2.06. The molecule has 20 heavy (non-hydrogen) atoms. The lowest BCUT2D eigenvalue weighted by atomic mass is 10.2. The number of benzene rings is 1. The SMILES string of the molecule is C#CCCCOc1ccc(CNC2CC2)cc1[N+](=O)[O-]. The summed E-state index contributed by atoms with van der Waals surface area (Å²) in [5.74, 6) is 2.82.